The molecule has 1 aromatic carbocycles. The minimum atomic E-state index is -0.158. The number of nitrogens with zero attached hydrogens (tertiary/aromatic N) is 2. The van der Waals surface area contributed by atoms with E-state index in [4.69, 9.17) is 5.11 Å². The average molecular weight is 301 g/mol. The molecule has 2 aromatic rings. The second-order valence-corrected chi connectivity index (χ2v) is 5.84. The second-order valence-electron chi connectivity index (χ2n) is 5.84. The zero-order valence-corrected chi connectivity index (χ0v) is 13.6. The van der Waals surface area contributed by atoms with Gasteiger partial charge in [0.15, 0.2) is 0 Å². The molecule has 5 nitrogen and oxygen atoms in total. The Balaban J connectivity index is 2.26. The van der Waals surface area contributed by atoms with E-state index in [0.29, 0.717) is 12.1 Å². The third-order valence-electron chi connectivity index (χ3n) is 3.77. The smallest absolute Gasteiger partial charge is 0.254 e. The summed E-state index contributed by atoms with van der Waals surface area (Å²) < 4.78 is 1.80. The van der Waals surface area contributed by atoms with Gasteiger partial charge < -0.3 is 10.4 Å². The van der Waals surface area contributed by atoms with Gasteiger partial charge in [-0.2, -0.15) is 5.10 Å². The van der Waals surface area contributed by atoms with Crippen molar-refractivity contribution in [2.24, 2.45) is 5.92 Å². The molecule has 118 valence electrons. The number of hydrogen-bond donors (Lipinski definition) is 2. The van der Waals surface area contributed by atoms with Crippen LogP contribution in [0.25, 0.3) is 5.69 Å². The molecule has 1 unspecified atom stereocenters. The Hall–Kier alpha value is -2.14. The lowest BCUT2D eigenvalue weighted by Crippen LogP contribution is -2.29. The summed E-state index contributed by atoms with van der Waals surface area (Å²) in [6.07, 6.45) is 1.59. The number of rotatable bonds is 5. The predicted molar refractivity (Wildman–Crippen MR) is 86.4 cm³/mol. The van der Waals surface area contributed by atoms with E-state index in [-0.39, 0.29) is 18.4 Å². The zero-order valence-electron chi connectivity index (χ0n) is 13.6. The molecule has 0 saturated heterocycles. The van der Waals surface area contributed by atoms with Crippen molar-refractivity contribution in [2.45, 2.75) is 27.7 Å². The molecule has 1 heterocycles. The lowest BCUT2D eigenvalue weighted by molar-refractivity contribution is 0.0941. The number of benzene rings is 1. The van der Waals surface area contributed by atoms with Crippen molar-refractivity contribution in [3.63, 3.8) is 0 Å². The molecular formula is C17H23N3O2. The highest BCUT2D eigenvalue weighted by Crippen LogP contribution is 2.19. The van der Waals surface area contributed by atoms with Gasteiger partial charge in [-0.3, -0.25) is 4.79 Å². The Kier molecular flexibility index (Phi) is 4.98. The van der Waals surface area contributed by atoms with Crippen molar-refractivity contribution >= 4 is 5.91 Å². The maximum atomic E-state index is 12.2. The molecule has 0 spiro atoms. The summed E-state index contributed by atoms with van der Waals surface area (Å²) in [5, 5.41) is 16.2. The van der Waals surface area contributed by atoms with Gasteiger partial charge >= 0.3 is 0 Å². The third kappa shape index (κ3) is 3.36. The van der Waals surface area contributed by atoms with Crippen LogP contribution >= 0.6 is 0 Å². The molecule has 5 heteroatoms. The van der Waals surface area contributed by atoms with E-state index >= 15 is 0 Å². The fraction of sp³-hybridized carbons (Fsp3) is 0.412. The molecule has 0 aliphatic carbocycles. The van der Waals surface area contributed by atoms with Crippen molar-refractivity contribution < 1.29 is 9.90 Å². The predicted octanol–water partition coefficient (Wildman–Crippen LogP) is 2.16. The molecular weight excluding hydrogens is 278 g/mol. The monoisotopic (exact) mass is 301 g/mol. The van der Waals surface area contributed by atoms with Crippen molar-refractivity contribution in [2.75, 3.05) is 13.2 Å². The van der Waals surface area contributed by atoms with Crippen LogP contribution in [0.4, 0.5) is 0 Å². The highest BCUT2D eigenvalue weighted by Gasteiger charge is 2.16. The van der Waals surface area contributed by atoms with Crippen molar-refractivity contribution in [1.82, 2.24) is 15.1 Å². The van der Waals surface area contributed by atoms with Gasteiger partial charge in [-0.1, -0.05) is 19.1 Å². The summed E-state index contributed by atoms with van der Waals surface area (Å²) >= 11 is 0. The molecule has 1 aromatic heterocycles. The van der Waals surface area contributed by atoms with Crippen LogP contribution in [0.2, 0.25) is 0 Å². The maximum Gasteiger partial charge on any atom is 0.254 e. The van der Waals surface area contributed by atoms with E-state index in [9.17, 15) is 4.79 Å². The number of carbonyl (C=O) groups excluding carboxylic acids is 1. The molecule has 0 bridgehead atoms. The Labute approximate surface area is 131 Å². The molecule has 0 saturated carbocycles. The van der Waals surface area contributed by atoms with Crippen LogP contribution in [-0.4, -0.2) is 33.9 Å². The normalized spacial score (nSPS) is 12.2. The number of nitrogens with one attached hydrogen (secondary N) is 1. The quantitative estimate of drug-likeness (QED) is 0.889. The van der Waals surface area contributed by atoms with E-state index in [0.717, 1.165) is 22.5 Å². The van der Waals surface area contributed by atoms with Crippen LogP contribution < -0.4 is 5.32 Å². The van der Waals surface area contributed by atoms with Crippen LogP contribution in [-0.2, 0) is 0 Å². The van der Waals surface area contributed by atoms with Gasteiger partial charge in [0, 0.05) is 13.2 Å². The van der Waals surface area contributed by atoms with Crippen LogP contribution in [0.5, 0.6) is 0 Å². The van der Waals surface area contributed by atoms with Crippen LogP contribution in [0.1, 0.15) is 34.1 Å². The number of aromatic nitrogens is 2. The molecule has 1 amide bonds. The van der Waals surface area contributed by atoms with Gasteiger partial charge in [-0.25, -0.2) is 4.68 Å². The number of amides is 1. The van der Waals surface area contributed by atoms with Crippen LogP contribution in [0.15, 0.2) is 24.4 Å². The van der Waals surface area contributed by atoms with E-state index < -0.39 is 0 Å². The van der Waals surface area contributed by atoms with Crippen molar-refractivity contribution in [3.8, 4) is 5.69 Å². The minimum absolute atomic E-state index is 0.0401. The van der Waals surface area contributed by atoms with Gasteiger partial charge in [0.05, 0.1) is 23.1 Å². The third-order valence-corrected chi connectivity index (χ3v) is 3.77. The number of carbonyl (C=O) groups is 1. The van der Waals surface area contributed by atoms with Gasteiger partial charge in [-0.05, 0) is 43.9 Å². The first-order valence-corrected chi connectivity index (χ1v) is 7.45. The molecule has 1 atom stereocenters. The number of hydrogen-bond acceptors (Lipinski definition) is 3. The first kappa shape index (κ1) is 16.2. The average Bonchev–Trinajstić information content (AvgIpc) is 2.88. The summed E-state index contributed by atoms with van der Waals surface area (Å²) in [6.45, 7) is 8.33. The van der Waals surface area contributed by atoms with E-state index in [2.05, 4.69) is 28.6 Å². The Morgan fingerprint density at radius 2 is 2.09 bits per heavy atom. The first-order valence-electron chi connectivity index (χ1n) is 7.45. The first-order chi connectivity index (χ1) is 10.4. The molecule has 0 fully saturated rings. The molecule has 0 aliphatic heterocycles. The number of aliphatic hydroxyl groups is 1. The summed E-state index contributed by atoms with van der Waals surface area (Å²) in [5.74, 6) is -0.118. The summed E-state index contributed by atoms with van der Waals surface area (Å²) in [6, 6.07) is 6.17. The zero-order chi connectivity index (χ0) is 16.3. The van der Waals surface area contributed by atoms with Crippen LogP contribution in [0.3, 0.4) is 0 Å². The van der Waals surface area contributed by atoms with Crippen LogP contribution in [0, 0.1) is 26.7 Å². The van der Waals surface area contributed by atoms with E-state index in [1.165, 1.54) is 0 Å². The molecule has 2 rings (SSSR count). The fourth-order valence-electron chi connectivity index (χ4n) is 2.25. The molecule has 0 aliphatic rings. The van der Waals surface area contributed by atoms with E-state index in [1.807, 2.05) is 27.7 Å². The van der Waals surface area contributed by atoms with E-state index in [1.54, 1.807) is 10.9 Å². The van der Waals surface area contributed by atoms with Gasteiger partial charge in [-0.15, -0.1) is 0 Å². The Morgan fingerprint density at radius 1 is 1.36 bits per heavy atom. The highest BCUT2D eigenvalue weighted by atomic mass is 16.3. The number of aliphatic hydroxyl groups excluding tert-OH is 1. The lowest BCUT2D eigenvalue weighted by Gasteiger charge is -2.11. The minimum Gasteiger partial charge on any atom is -0.396 e. The van der Waals surface area contributed by atoms with Gasteiger partial charge in [0.1, 0.15) is 0 Å². The molecule has 0 radical (unpaired) electrons. The maximum absolute atomic E-state index is 12.2. The second kappa shape index (κ2) is 6.75. The van der Waals surface area contributed by atoms with Crippen molar-refractivity contribution in [1.29, 1.82) is 0 Å². The van der Waals surface area contributed by atoms with Gasteiger partial charge in [0.25, 0.3) is 5.91 Å². The largest absolute Gasteiger partial charge is 0.396 e. The Bertz CT molecular complexity index is 677. The summed E-state index contributed by atoms with van der Waals surface area (Å²) in [4.78, 5) is 12.2. The highest BCUT2D eigenvalue weighted by molar-refractivity contribution is 5.95. The van der Waals surface area contributed by atoms with Crippen molar-refractivity contribution in [3.05, 3.63) is 46.8 Å². The van der Waals surface area contributed by atoms with Gasteiger partial charge in [0.2, 0.25) is 0 Å². The number of aryl methyl sites for hydroxylation is 2. The molecule has 22 heavy (non-hydrogen) atoms. The Morgan fingerprint density at radius 3 is 2.77 bits per heavy atom. The lowest BCUT2D eigenvalue weighted by atomic mass is 10.1. The fourth-order valence-corrected chi connectivity index (χ4v) is 2.25. The summed E-state index contributed by atoms with van der Waals surface area (Å²) in [5.41, 5.74) is 4.62. The topological polar surface area (TPSA) is 67.2 Å². The standard InChI is InChI=1S/C17H23N3O2/c1-11-5-6-13(3)16(7-11)20-14(4)15(9-19-20)17(22)18-8-12(2)10-21/h5-7,9,12,21H,8,10H2,1-4H3,(H,18,22). The summed E-state index contributed by atoms with van der Waals surface area (Å²) in [7, 11) is 0. The SMILES string of the molecule is Cc1ccc(C)c(-n2ncc(C(=O)NCC(C)CO)c2C)c1. The molecule has 2 N–H and O–H groups in total.